The standard InChI is InChI=1S/C34H50N2O4/c1-25(2)27(17-18-28-13-11-20-35-26(28)3)12-7-9-22-39-29-19-21-36(24-29)33(34(37)38-4)31-15-6-5-14-30(31)32-16-8-10-23-40-32/h5-6,14-15,17-18,29,32-33,35H,7-13,16,19-24H2,1-4H3/b18-17-. The van der Waals surface area contributed by atoms with Gasteiger partial charge in [-0.3, -0.25) is 4.90 Å². The van der Waals surface area contributed by atoms with Gasteiger partial charge in [0, 0.05) is 38.5 Å². The van der Waals surface area contributed by atoms with Gasteiger partial charge in [-0.2, -0.15) is 0 Å². The minimum atomic E-state index is -0.426. The highest BCUT2D eigenvalue weighted by Crippen LogP contribution is 2.36. The third kappa shape index (κ3) is 8.31. The van der Waals surface area contributed by atoms with Gasteiger partial charge in [0.15, 0.2) is 0 Å². The van der Waals surface area contributed by atoms with Crippen LogP contribution in [0.5, 0.6) is 0 Å². The van der Waals surface area contributed by atoms with E-state index in [1.165, 1.54) is 35.9 Å². The molecule has 2 saturated heterocycles. The van der Waals surface area contributed by atoms with Gasteiger partial charge >= 0.3 is 5.97 Å². The second kappa shape index (κ2) is 15.6. The van der Waals surface area contributed by atoms with Crippen molar-refractivity contribution < 1.29 is 19.0 Å². The van der Waals surface area contributed by atoms with Crippen LogP contribution in [0.2, 0.25) is 0 Å². The normalized spacial score (nSPS) is 22.8. The fourth-order valence-electron chi connectivity index (χ4n) is 6.18. The lowest BCUT2D eigenvalue weighted by molar-refractivity contribution is -0.147. The van der Waals surface area contributed by atoms with Gasteiger partial charge in [-0.05, 0) is 101 Å². The Kier molecular flexibility index (Phi) is 11.9. The Morgan fingerprint density at radius 3 is 2.77 bits per heavy atom. The van der Waals surface area contributed by atoms with Crippen LogP contribution in [0.4, 0.5) is 0 Å². The smallest absolute Gasteiger partial charge is 0.327 e. The van der Waals surface area contributed by atoms with E-state index in [1.807, 2.05) is 12.1 Å². The lowest BCUT2D eigenvalue weighted by Gasteiger charge is -2.31. The summed E-state index contributed by atoms with van der Waals surface area (Å²) in [6, 6.07) is 7.82. The zero-order valence-electron chi connectivity index (χ0n) is 25.2. The maximum Gasteiger partial charge on any atom is 0.327 e. The number of carbonyl (C=O) groups excluding carboxylic acids is 1. The molecule has 0 aliphatic carbocycles. The van der Waals surface area contributed by atoms with E-state index in [4.69, 9.17) is 14.2 Å². The molecular formula is C34H50N2O4. The molecule has 0 spiro atoms. The number of hydrogen-bond acceptors (Lipinski definition) is 6. The first-order chi connectivity index (χ1) is 19.5. The number of carbonyl (C=O) groups is 1. The van der Waals surface area contributed by atoms with Crippen molar-refractivity contribution in [2.45, 2.75) is 96.8 Å². The second-order valence-corrected chi connectivity index (χ2v) is 11.7. The highest BCUT2D eigenvalue weighted by Gasteiger charge is 2.37. The van der Waals surface area contributed by atoms with E-state index in [1.54, 1.807) is 0 Å². The second-order valence-electron chi connectivity index (χ2n) is 11.7. The van der Waals surface area contributed by atoms with E-state index in [0.29, 0.717) is 0 Å². The average molecular weight is 551 g/mol. The molecule has 3 aliphatic rings. The minimum absolute atomic E-state index is 0.0485. The molecule has 3 unspecified atom stereocenters. The first-order valence-corrected chi connectivity index (χ1v) is 15.4. The SMILES string of the molecule is COC(=O)C(c1ccccc1C1CCCCO1)N1CCC(OCCCCC(/C=C\C2=C(C)NCCC2)=C(C)C)C1. The molecule has 40 heavy (non-hydrogen) atoms. The van der Waals surface area contributed by atoms with Crippen LogP contribution in [-0.4, -0.2) is 56.9 Å². The molecule has 3 atom stereocenters. The number of rotatable bonds is 12. The van der Waals surface area contributed by atoms with E-state index >= 15 is 0 Å². The van der Waals surface area contributed by atoms with Gasteiger partial charge in [-0.1, -0.05) is 42.0 Å². The van der Waals surface area contributed by atoms with Crippen LogP contribution in [-0.2, 0) is 19.0 Å². The molecule has 0 saturated carbocycles. The average Bonchev–Trinajstić information content (AvgIpc) is 3.44. The van der Waals surface area contributed by atoms with Gasteiger partial charge in [-0.15, -0.1) is 0 Å². The molecule has 220 valence electrons. The minimum Gasteiger partial charge on any atom is -0.468 e. The van der Waals surface area contributed by atoms with Crippen molar-refractivity contribution >= 4 is 5.97 Å². The molecule has 6 heteroatoms. The maximum atomic E-state index is 13.1. The number of unbranched alkanes of at least 4 members (excludes halogenated alkanes) is 1. The lowest BCUT2D eigenvalue weighted by Crippen LogP contribution is -2.35. The van der Waals surface area contributed by atoms with E-state index < -0.39 is 6.04 Å². The van der Waals surface area contributed by atoms with Crippen molar-refractivity contribution in [3.8, 4) is 0 Å². The van der Waals surface area contributed by atoms with Crippen molar-refractivity contribution in [3.63, 3.8) is 0 Å². The molecule has 1 aromatic carbocycles. The Bertz CT molecular complexity index is 1070. The summed E-state index contributed by atoms with van der Waals surface area (Å²) in [6.45, 7) is 10.8. The summed E-state index contributed by atoms with van der Waals surface area (Å²) in [5.74, 6) is -0.207. The predicted octanol–water partition coefficient (Wildman–Crippen LogP) is 6.95. The summed E-state index contributed by atoms with van der Waals surface area (Å²) in [5.41, 5.74) is 7.70. The van der Waals surface area contributed by atoms with Gasteiger partial charge in [0.2, 0.25) is 0 Å². The van der Waals surface area contributed by atoms with Crippen molar-refractivity contribution in [3.05, 3.63) is 70.0 Å². The van der Waals surface area contributed by atoms with Crippen LogP contribution in [0.15, 0.2) is 58.8 Å². The molecule has 0 amide bonds. The fourth-order valence-corrected chi connectivity index (χ4v) is 6.18. The number of likely N-dealkylation sites (tertiary alicyclic amines) is 1. The molecule has 2 fully saturated rings. The summed E-state index contributed by atoms with van der Waals surface area (Å²) in [6.07, 6.45) is 14.6. The van der Waals surface area contributed by atoms with Gasteiger partial charge < -0.3 is 19.5 Å². The van der Waals surface area contributed by atoms with E-state index in [9.17, 15) is 4.79 Å². The van der Waals surface area contributed by atoms with Crippen LogP contribution in [0.1, 0.15) is 102 Å². The van der Waals surface area contributed by atoms with Crippen LogP contribution >= 0.6 is 0 Å². The number of nitrogens with zero attached hydrogens (tertiary/aromatic N) is 1. The Morgan fingerprint density at radius 1 is 1.18 bits per heavy atom. The van der Waals surface area contributed by atoms with Crippen molar-refractivity contribution in [2.24, 2.45) is 0 Å². The zero-order valence-corrected chi connectivity index (χ0v) is 25.2. The molecule has 0 aromatic heterocycles. The van der Waals surface area contributed by atoms with E-state index in [2.05, 4.69) is 55.3 Å². The van der Waals surface area contributed by atoms with Crippen LogP contribution < -0.4 is 5.32 Å². The molecule has 1 N–H and O–H groups in total. The highest BCUT2D eigenvalue weighted by molar-refractivity contribution is 5.78. The number of ether oxygens (including phenoxy) is 3. The zero-order chi connectivity index (χ0) is 28.3. The van der Waals surface area contributed by atoms with Crippen LogP contribution in [0.3, 0.4) is 0 Å². The topological polar surface area (TPSA) is 60.0 Å². The Hall–Kier alpha value is -2.41. The summed E-state index contributed by atoms with van der Waals surface area (Å²) in [5, 5.41) is 3.48. The van der Waals surface area contributed by atoms with Gasteiger partial charge in [0.1, 0.15) is 6.04 Å². The van der Waals surface area contributed by atoms with Crippen LogP contribution in [0, 0.1) is 0 Å². The summed E-state index contributed by atoms with van der Waals surface area (Å²) >= 11 is 0. The van der Waals surface area contributed by atoms with Crippen LogP contribution in [0.25, 0.3) is 0 Å². The Morgan fingerprint density at radius 2 is 2.02 bits per heavy atom. The number of nitrogens with one attached hydrogen (secondary N) is 1. The third-order valence-corrected chi connectivity index (χ3v) is 8.60. The van der Waals surface area contributed by atoms with Gasteiger partial charge in [0.25, 0.3) is 0 Å². The molecule has 0 radical (unpaired) electrons. The quantitative estimate of drug-likeness (QED) is 0.173. The largest absolute Gasteiger partial charge is 0.468 e. The molecule has 3 aliphatic heterocycles. The van der Waals surface area contributed by atoms with Crippen molar-refractivity contribution in [1.82, 2.24) is 10.2 Å². The number of allylic oxidation sites excluding steroid dienone is 6. The lowest BCUT2D eigenvalue weighted by atomic mass is 9.92. The molecule has 6 nitrogen and oxygen atoms in total. The highest BCUT2D eigenvalue weighted by atomic mass is 16.5. The summed E-state index contributed by atoms with van der Waals surface area (Å²) < 4.78 is 17.7. The number of benzene rings is 1. The molecule has 0 bridgehead atoms. The monoisotopic (exact) mass is 550 g/mol. The van der Waals surface area contributed by atoms with Gasteiger partial charge in [-0.25, -0.2) is 4.79 Å². The van der Waals surface area contributed by atoms with Crippen molar-refractivity contribution in [2.75, 3.05) is 40.0 Å². The number of methoxy groups -OCH3 is 1. The Balaban J connectivity index is 1.28. The fraction of sp³-hybridized carbons (Fsp3) is 0.618. The van der Waals surface area contributed by atoms with E-state index in [-0.39, 0.29) is 18.2 Å². The third-order valence-electron chi connectivity index (χ3n) is 8.60. The molecular weight excluding hydrogens is 500 g/mol. The summed E-state index contributed by atoms with van der Waals surface area (Å²) in [7, 11) is 1.49. The molecule has 3 heterocycles. The molecule has 4 rings (SSSR count). The van der Waals surface area contributed by atoms with Crippen molar-refractivity contribution in [1.29, 1.82) is 0 Å². The number of esters is 1. The maximum absolute atomic E-state index is 13.1. The predicted molar refractivity (Wildman–Crippen MR) is 161 cm³/mol. The first-order valence-electron chi connectivity index (χ1n) is 15.4. The first kappa shape index (κ1) is 30.5. The number of hydrogen-bond donors (Lipinski definition) is 1. The Labute approximate surface area is 241 Å². The molecule has 1 aromatic rings. The summed E-state index contributed by atoms with van der Waals surface area (Å²) in [4.78, 5) is 15.3. The van der Waals surface area contributed by atoms with E-state index in [0.717, 1.165) is 95.3 Å². The van der Waals surface area contributed by atoms with Gasteiger partial charge in [0.05, 0.1) is 19.3 Å².